The summed E-state index contributed by atoms with van der Waals surface area (Å²) in [5.74, 6) is 0. The fourth-order valence-corrected chi connectivity index (χ4v) is 4.18. The topological polar surface area (TPSA) is 106 Å². The Labute approximate surface area is 128 Å². The highest BCUT2D eigenvalue weighted by Crippen LogP contribution is 2.24. The van der Waals surface area contributed by atoms with Gasteiger partial charge in [-0.05, 0) is 19.1 Å². The second kappa shape index (κ2) is 6.32. The van der Waals surface area contributed by atoms with Crippen LogP contribution in [-0.4, -0.2) is 59.7 Å². The van der Waals surface area contributed by atoms with E-state index >= 15 is 0 Å². The molecule has 0 aromatic carbocycles. The molecule has 116 valence electrons. The number of nitrogens with two attached hydrogens (primary N) is 1. The summed E-state index contributed by atoms with van der Waals surface area (Å²) in [6, 6.07) is 2.59. The summed E-state index contributed by atoms with van der Waals surface area (Å²) in [6.07, 6.45) is 0.896. The van der Waals surface area contributed by atoms with Crippen LogP contribution in [0.15, 0.2) is 23.2 Å². The van der Waals surface area contributed by atoms with E-state index in [2.05, 4.69) is 4.98 Å². The van der Waals surface area contributed by atoms with Gasteiger partial charge in [-0.25, -0.2) is 8.42 Å². The molecule has 2 heterocycles. The van der Waals surface area contributed by atoms with Crippen LogP contribution in [0.25, 0.3) is 0 Å². The van der Waals surface area contributed by atoms with Crippen LogP contribution in [0, 0.1) is 0 Å². The summed E-state index contributed by atoms with van der Waals surface area (Å²) in [5.41, 5.74) is 5.63. The molecule has 0 radical (unpaired) electrons. The fraction of sp³-hybridized carbons (Fsp3) is 0.500. The van der Waals surface area contributed by atoms with Gasteiger partial charge in [0.05, 0.1) is 19.3 Å². The van der Waals surface area contributed by atoms with Gasteiger partial charge in [-0.2, -0.15) is 4.31 Å². The third-order valence-electron chi connectivity index (χ3n) is 3.24. The van der Waals surface area contributed by atoms with Gasteiger partial charge in [-0.1, -0.05) is 12.2 Å². The Kier molecular flexibility index (Phi) is 4.89. The highest BCUT2D eigenvalue weighted by Gasteiger charge is 2.36. The third kappa shape index (κ3) is 3.22. The molecule has 1 aromatic rings. The Morgan fingerprint density at radius 1 is 1.67 bits per heavy atom. The summed E-state index contributed by atoms with van der Waals surface area (Å²) >= 11 is 4.86. The first-order valence-electron chi connectivity index (χ1n) is 6.37. The lowest BCUT2D eigenvalue weighted by molar-refractivity contribution is -0.0516. The highest BCUT2D eigenvalue weighted by molar-refractivity contribution is 7.89. The van der Waals surface area contributed by atoms with Crippen molar-refractivity contribution in [1.29, 1.82) is 0 Å². The molecular weight excluding hydrogens is 314 g/mol. The quantitative estimate of drug-likeness (QED) is 0.716. The number of hydrogen-bond acceptors (Lipinski definition) is 6. The van der Waals surface area contributed by atoms with E-state index < -0.39 is 16.1 Å². The van der Waals surface area contributed by atoms with Crippen LogP contribution in [0.1, 0.15) is 12.6 Å². The van der Waals surface area contributed by atoms with Crippen LogP contribution >= 0.6 is 12.2 Å². The zero-order valence-corrected chi connectivity index (χ0v) is 13.1. The van der Waals surface area contributed by atoms with E-state index in [-0.39, 0.29) is 41.4 Å². The molecule has 7 nitrogen and oxygen atoms in total. The number of rotatable bonds is 4. The van der Waals surface area contributed by atoms with Crippen molar-refractivity contribution < 1.29 is 18.3 Å². The van der Waals surface area contributed by atoms with Crippen molar-refractivity contribution in [2.75, 3.05) is 19.8 Å². The number of aliphatic hydroxyl groups is 1. The third-order valence-corrected chi connectivity index (χ3v) is 5.45. The Morgan fingerprint density at radius 2 is 2.38 bits per heavy atom. The summed E-state index contributed by atoms with van der Waals surface area (Å²) in [4.78, 5) is 3.85. The monoisotopic (exact) mass is 331 g/mol. The predicted molar refractivity (Wildman–Crippen MR) is 80.3 cm³/mol. The molecule has 1 aliphatic rings. The van der Waals surface area contributed by atoms with E-state index in [1.807, 2.05) is 0 Å². The average Bonchev–Trinajstić information content (AvgIpc) is 2.47. The van der Waals surface area contributed by atoms with Gasteiger partial charge in [-0.15, -0.1) is 0 Å². The highest BCUT2D eigenvalue weighted by atomic mass is 32.2. The molecule has 1 aromatic heterocycles. The van der Waals surface area contributed by atoms with Crippen LogP contribution < -0.4 is 5.73 Å². The molecule has 2 unspecified atom stereocenters. The summed E-state index contributed by atoms with van der Waals surface area (Å²) in [6.45, 7) is 1.79. The van der Waals surface area contributed by atoms with Gasteiger partial charge in [0.1, 0.15) is 15.6 Å². The largest absolute Gasteiger partial charge is 0.394 e. The maximum Gasteiger partial charge on any atom is 0.245 e. The maximum absolute atomic E-state index is 12.8. The predicted octanol–water partition coefficient (Wildman–Crippen LogP) is -0.514. The minimum absolute atomic E-state index is 0.0251. The van der Waals surface area contributed by atoms with Crippen LogP contribution in [0.2, 0.25) is 0 Å². The first-order valence-corrected chi connectivity index (χ1v) is 8.22. The standard InChI is InChI=1S/C12H17N3O4S2/c1-8-7-19-9(6-16)5-15(8)21(17,18)10-3-2-4-14-11(10)12(13)20/h2-4,8-9,16H,5-7H2,1H3,(H2,13,20). The van der Waals surface area contributed by atoms with Gasteiger partial charge in [0, 0.05) is 18.8 Å². The summed E-state index contributed by atoms with van der Waals surface area (Å²) in [7, 11) is -3.82. The van der Waals surface area contributed by atoms with E-state index in [0.29, 0.717) is 0 Å². The summed E-state index contributed by atoms with van der Waals surface area (Å²) in [5, 5.41) is 9.17. The van der Waals surface area contributed by atoms with Gasteiger partial charge < -0.3 is 15.6 Å². The molecule has 1 fully saturated rings. The van der Waals surface area contributed by atoms with Crippen LogP contribution in [0.3, 0.4) is 0 Å². The zero-order valence-electron chi connectivity index (χ0n) is 11.5. The molecule has 9 heteroatoms. The smallest absolute Gasteiger partial charge is 0.245 e. The van der Waals surface area contributed by atoms with Crippen molar-refractivity contribution in [1.82, 2.24) is 9.29 Å². The number of pyridine rings is 1. The number of hydrogen-bond donors (Lipinski definition) is 2. The average molecular weight is 331 g/mol. The van der Waals surface area contributed by atoms with Crippen molar-refractivity contribution in [2.45, 2.75) is 24.0 Å². The molecule has 2 atom stereocenters. The molecular formula is C12H17N3O4S2. The first-order chi connectivity index (χ1) is 9.87. The maximum atomic E-state index is 12.8. The Morgan fingerprint density at radius 3 is 3.00 bits per heavy atom. The lowest BCUT2D eigenvalue weighted by Crippen LogP contribution is -2.52. The molecule has 2 rings (SSSR count). The molecule has 1 aliphatic heterocycles. The van der Waals surface area contributed by atoms with Crippen molar-refractivity contribution in [3.05, 3.63) is 24.0 Å². The Hall–Kier alpha value is -1.13. The Bertz CT molecular complexity index is 635. The van der Waals surface area contributed by atoms with Gasteiger partial charge in [0.15, 0.2) is 0 Å². The fourth-order valence-electron chi connectivity index (χ4n) is 2.15. The van der Waals surface area contributed by atoms with Crippen molar-refractivity contribution in [3.8, 4) is 0 Å². The number of nitrogens with zero attached hydrogens (tertiary/aromatic N) is 2. The number of thiocarbonyl (C=S) groups is 1. The summed E-state index contributed by atoms with van der Waals surface area (Å²) < 4.78 is 32.3. The second-order valence-corrected chi connectivity index (χ2v) is 7.07. The van der Waals surface area contributed by atoms with E-state index in [1.165, 1.54) is 22.6 Å². The van der Waals surface area contributed by atoms with Gasteiger partial charge in [0.25, 0.3) is 0 Å². The molecule has 0 amide bonds. The van der Waals surface area contributed by atoms with Gasteiger partial charge in [0.2, 0.25) is 10.0 Å². The second-order valence-electron chi connectivity index (χ2n) is 4.78. The van der Waals surface area contributed by atoms with Crippen LogP contribution in [0.4, 0.5) is 0 Å². The van der Waals surface area contributed by atoms with Crippen LogP contribution in [-0.2, 0) is 14.8 Å². The molecule has 0 saturated carbocycles. The number of sulfonamides is 1. The van der Waals surface area contributed by atoms with Crippen molar-refractivity contribution in [2.24, 2.45) is 5.73 Å². The minimum atomic E-state index is -3.82. The van der Waals surface area contributed by atoms with Gasteiger partial charge in [-0.3, -0.25) is 4.98 Å². The molecule has 0 aliphatic carbocycles. The number of morpholine rings is 1. The van der Waals surface area contributed by atoms with E-state index in [4.69, 9.17) is 22.7 Å². The SMILES string of the molecule is CC1COC(CO)CN1S(=O)(=O)c1cccnc1C(N)=S. The van der Waals surface area contributed by atoms with E-state index in [1.54, 1.807) is 6.92 Å². The molecule has 3 N–H and O–H groups in total. The number of aromatic nitrogens is 1. The van der Waals surface area contributed by atoms with Crippen LogP contribution in [0.5, 0.6) is 0 Å². The molecule has 21 heavy (non-hydrogen) atoms. The molecule has 1 saturated heterocycles. The molecule has 0 spiro atoms. The van der Waals surface area contributed by atoms with E-state index in [9.17, 15) is 13.5 Å². The van der Waals surface area contributed by atoms with Crippen molar-refractivity contribution in [3.63, 3.8) is 0 Å². The normalized spacial score (nSPS) is 23.9. The number of aliphatic hydroxyl groups excluding tert-OH is 1. The number of ether oxygens (including phenoxy) is 1. The lowest BCUT2D eigenvalue weighted by atomic mass is 10.2. The molecule has 0 bridgehead atoms. The van der Waals surface area contributed by atoms with Crippen molar-refractivity contribution >= 4 is 27.2 Å². The zero-order chi connectivity index (χ0) is 15.6. The van der Waals surface area contributed by atoms with E-state index in [0.717, 1.165) is 0 Å². The minimum Gasteiger partial charge on any atom is -0.394 e. The first kappa shape index (κ1) is 16.2. The lowest BCUT2D eigenvalue weighted by Gasteiger charge is -2.36. The van der Waals surface area contributed by atoms with Gasteiger partial charge >= 0.3 is 0 Å². The Balaban J connectivity index is 2.44.